The van der Waals surface area contributed by atoms with Crippen molar-refractivity contribution in [2.24, 2.45) is 0 Å². The second-order valence-corrected chi connectivity index (χ2v) is 7.29. The van der Waals surface area contributed by atoms with E-state index in [9.17, 15) is 4.79 Å². The summed E-state index contributed by atoms with van der Waals surface area (Å²) in [7, 11) is 0. The van der Waals surface area contributed by atoms with E-state index in [1.165, 1.54) is 0 Å². The Morgan fingerprint density at radius 1 is 1.10 bits per heavy atom. The van der Waals surface area contributed by atoms with E-state index >= 15 is 0 Å². The number of rotatable bonds is 6. The van der Waals surface area contributed by atoms with E-state index in [0.29, 0.717) is 15.9 Å². The lowest BCUT2D eigenvalue weighted by Crippen LogP contribution is -2.17. The maximum absolute atomic E-state index is 12.0. The molecular weight excluding hydrogens is 446 g/mol. The lowest BCUT2D eigenvalue weighted by Gasteiger charge is -2.23. The van der Waals surface area contributed by atoms with Crippen molar-refractivity contribution >= 4 is 44.7 Å². The monoisotopic (exact) mass is 465 g/mol. The van der Waals surface area contributed by atoms with Crippen molar-refractivity contribution < 1.29 is 9.53 Å². The Morgan fingerprint density at radius 2 is 1.73 bits per heavy atom. The highest BCUT2D eigenvalue weighted by atomic mass is 79.9. The number of nitrogens with one attached hydrogen (secondary N) is 3. The summed E-state index contributed by atoms with van der Waals surface area (Å²) < 4.78 is 5.60. The standard InChI is InChI=1S/C22H20BrN5O2/c1-2-30-22(29)28-20-16(23)18(19-21(27-20)25-13-24-19)26-17(14-9-5-3-6-10-14)15-11-7-4-8-12-15/h3-13,17H,2H2,1H3,(H3,24,25,26,27,28,29). The molecule has 0 atom stereocenters. The fraction of sp³-hybridized carbons (Fsp3) is 0.136. The minimum atomic E-state index is -0.575. The van der Waals surface area contributed by atoms with Gasteiger partial charge in [0.1, 0.15) is 5.52 Å². The Morgan fingerprint density at radius 3 is 2.33 bits per heavy atom. The van der Waals surface area contributed by atoms with Crippen LogP contribution in [0.5, 0.6) is 0 Å². The number of aromatic amines is 1. The number of benzene rings is 2. The van der Waals surface area contributed by atoms with Crippen LogP contribution in [-0.4, -0.2) is 27.7 Å². The number of anilines is 2. The predicted molar refractivity (Wildman–Crippen MR) is 121 cm³/mol. The van der Waals surface area contributed by atoms with Crippen LogP contribution in [0.1, 0.15) is 24.1 Å². The van der Waals surface area contributed by atoms with Crippen molar-refractivity contribution in [1.29, 1.82) is 0 Å². The molecule has 0 fully saturated rings. The zero-order valence-corrected chi connectivity index (χ0v) is 17.8. The number of aromatic nitrogens is 3. The molecule has 7 nitrogen and oxygen atoms in total. The van der Waals surface area contributed by atoms with Crippen molar-refractivity contribution in [3.05, 3.63) is 82.6 Å². The van der Waals surface area contributed by atoms with Crippen LogP contribution in [0.4, 0.5) is 16.3 Å². The molecule has 8 heteroatoms. The molecule has 0 unspecified atom stereocenters. The van der Waals surface area contributed by atoms with Gasteiger partial charge < -0.3 is 15.0 Å². The van der Waals surface area contributed by atoms with E-state index in [1.807, 2.05) is 36.4 Å². The molecule has 0 aliphatic rings. The SMILES string of the molecule is CCOC(=O)Nc1nc2nc[nH]c2c(NC(c2ccccc2)c2ccccc2)c1Br. The van der Waals surface area contributed by atoms with Gasteiger partial charge in [-0.2, -0.15) is 0 Å². The van der Waals surface area contributed by atoms with Crippen molar-refractivity contribution in [2.45, 2.75) is 13.0 Å². The molecular formula is C22H20BrN5O2. The van der Waals surface area contributed by atoms with Crippen LogP contribution in [0.3, 0.4) is 0 Å². The molecule has 0 aliphatic heterocycles. The van der Waals surface area contributed by atoms with Gasteiger partial charge in [0.05, 0.1) is 29.1 Å². The number of H-pyrrole nitrogens is 1. The summed E-state index contributed by atoms with van der Waals surface area (Å²) in [6.07, 6.45) is 0.998. The number of ether oxygens (including phenoxy) is 1. The molecule has 0 bridgehead atoms. The molecule has 152 valence electrons. The number of hydrogen-bond acceptors (Lipinski definition) is 5. The van der Waals surface area contributed by atoms with Crippen LogP contribution in [-0.2, 0) is 4.74 Å². The summed E-state index contributed by atoms with van der Waals surface area (Å²) >= 11 is 3.60. The molecule has 0 radical (unpaired) electrons. The average molecular weight is 466 g/mol. The molecule has 4 rings (SSSR count). The summed E-state index contributed by atoms with van der Waals surface area (Å²) in [5.74, 6) is 0.329. The van der Waals surface area contributed by atoms with Crippen molar-refractivity contribution in [1.82, 2.24) is 15.0 Å². The molecule has 2 aromatic heterocycles. The Kier molecular flexibility index (Phi) is 5.94. The number of carbonyl (C=O) groups is 1. The average Bonchev–Trinajstić information content (AvgIpc) is 3.23. The Balaban J connectivity index is 1.80. The van der Waals surface area contributed by atoms with Crippen LogP contribution in [0, 0.1) is 0 Å². The summed E-state index contributed by atoms with van der Waals surface area (Å²) in [5, 5.41) is 6.28. The largest absolute Gasteiger partial charge is 0.450 e. The number of hydrogen-bond donors (Lipinski definition) is 3. The molecule has 0 spiro atoms. The van der Waals surface area contributed by atoms with Gasteiger partial charge in [-0.1, -0.05) is 60.7 Å². The second kappa shape index (κ2) is 8.96. The van der Waals surface area contributed by atoms with Crippen LogP contribution in [0.2, 0.25) is 0 Å². The summed E-state index contributed by atoms with van der Waals surface area (Å²) in [6, 6.07) is 20.2. The first-order chi connectivity index (χ1) is 14.7. The third kappa shape index (κ3) is 4.13. The topological polar surface area (TPSA) is 91.9 Å². The van der Waals surface area contributed by atoms with Gasteiger partial charge in [-0.05, 0) is 34.0 Å². The van der Waals surface area contributed by atoms with Crippen LogP contribution in [0.15, 0.2) is 71.5 Å². The minimum absolute atomic E-state index is 0.131. The van der Waals surface area contributed by atoms with Crippen LogP contribution in [0.25, 0.3) is 11.2 Å². The van der Waals surface area contributed by atoms with Crippen LogP contribution >= 0.6 is 15.9 Å². The third-order valence-electron chi connectivity index (χ3n) is 4.56. The van der Waals surface area contributed by atoms with Crippen molar-refractivity contribution in [3.8, 4) is 0 Å². The van der Waals surface area contributed by atoms with Gasteiger partial charge in [0.25, 0.3) is 0 Å². The first kappa shape index (κ1) is 19.9. The Bertz CT molecular complexity index is 1110. The lowest BCUT2D eigenvalue weighted by atomic mass is 9.98. The maximum atomic E-state index is 12.0. The van der Waals surface area contributed by atoms with Gasteiger partial charge in [0.2, 0.25) is 0 Å². The highest BCUT2D eigenvalue weighted by Gasteiger charge is 2.21. The lowest BCUT2D eigenvalue weighted by molar-refractivity contribution is 0.168. The summed E-state index contributed by atoms with van der Waals surface area (Å²) in [4.78, 5) is 23.8. The van der Waals surface area contributed by atoms with E-state index in [4.69, 9.17) is 4.74 Å². The zero-order valence-electron chi connectivity index (χ0n) is 16.2. The number of halogens is 1. The van der Waals surface area contributed by atoms with Gasteiger partial charge in [0.15, 0.2) is 11.5 Å². The number of pyridine rings is 1. The molecule has 0 saturated heterocycles. The zero-order chi connectivity index (χ0) is 20.9. The molecule has 3 N–H and O–H groups in total. The summed E-state index contributed by atoms with van der Waals surface area (Å²) in [6.45, 7) is 2.01. The van der Waals surface area contributed by atoms with E-state index in [-0.39, 0.29) is 12.6 Å². The molecule has 4 aromatic rings. The van der Waals surface area contributed by atoms with E-state index in [1.54, 1.807) is 13.3 Å². The number of carbonyl (C=O) groups excluding carboxylic acids is 1. The van der Waals surface area contributed by atoms with E-state index in [0.717, 1.165) is 22.3 Å². The highest BCUT2D eigenvalue weighted by molar-refractivity contribution is 9.10. The van der Waals surface area contributed by atoms with Gasteiger partial charge in [-0.15, -0.1) is 0 Å². The first-order valence-corrected chi connectivity index (χ1v) is 10.3. The number of nitrogens with zero attached hydrogens (tertiary/aromatic N) is 2. The molecule has 2 aromatic carbocycles. The molecule has 0 saturated carbocycles. The molecule has 0 aliphatic carbocycles. The quantitative estimate of drug-likeness (QED) is 0.350. The van der Waals surface area contributed by atoms with E-state index in [2.05, 4.69) is 65.8 Å². The smallest absolute Gasteiger partial charge is 0.412 e. The van der Waals surface area contributed by atoms with Gasteiger partial charge >= 0.3 is 6.09 Å². The Labute approximate surface area is 182 Å². The maximum Gasteiger partial charge on any atom is 0.412 e. The fourth-order valence-electron chi connectivity index (χ4n) is 3.22. The predicted octanol–water partition coefficient (Wildman–Crippen LogP) is 5.49. The number of amides is 1. The Hall–Kier alpha value is -3.39. The first-order valence-electron chi connectivity index (χ1n) is 9.50. The van der Waals surface area contributed by atoms with Gasteiger partial charge in [-0.3, -0.25) is 5.32 Å². The molecule has 2 heterocycles. The normalized spacial score (nSPS) is 10.9. The summed E-state index contributed by atoms with van der Waals surface area (Å²) in [5.41, 5.74) is 4.14. The van der Waals surface area contributed by atoms with Crippen molar-refractivity contribution in [2.75, 3.05) is 17.2 Å². The van der Waals surface area contributed by atoms with Gasteiger partial charge in [0, 0.05) is 0 Å². The van der Waals surface area contributed by atoms with Gasteiger partial charge in [-0.25, -0.2) is 14.8 Å². The highest BCUT2D eigenvalue weighted by Crippen LogP contribution is 2.38. The van der Waals surface area contributed by atoms with Crippen molar-refractivity contribution in [3.63, 3.8) is 0 Å². The number of imidazole rings is 1. The fourth-order valence-corrected chi connectivity index (χ4v) is 3.72. The third-order valence-corrected chi connectivity index (χ3v) is 5.34. The molecule has 30 heavy (non-hydrogen) atoms. The minimum Gasteiger partial charge on any atom is -0.450 e. The second-order valence-electron chi connectivity index (χ2n) is 6.49. The van der Waals surface area contributed by atoms with E-state index < -0.39 is 6.09 Å². The van der Waals surface area contributed by atoms with Crippen LogP contribution < -0.4 is 10.6 Å². The number of fused-ring (bicyclic) bond motifs is 1. The molecule has 1 amide bonds.